The number of likely N-dealkylation sites (tertiary alicyclic amines) is 1. The van der Waals surface area contributed by atoms with Gasteiger partial charge in [-0.05, 0) is 55.2 Å². The summed E-state index contributed by atoms with van der Waals surface area (Å²) < 4.78 is 5.50. The summed E-state index contributed by atoms with van der Waals surface area (Å²) in [5, 5.41) is 15.8. The van der Waals surface area contributed by atoms with Gasteiger partial charge in [-0.1, -0.05) is 31.0 Å². The maximum atomic E-state index is 14.0. The molecule has 2 aromatic rings. The van der Waals surface area contributed by atoms with Crippen LogP contribution in [0.4, 0.5) is 5.69 Å². The summed E-state index contributed by atoms with van der Waals surface area (Å²) in [5.74, 6) is 0.0258. The molecule has 2 aromatic carbocycles. The predicted molar refractivity (Wildman–Crippen MR) is 133 cm³/mol. The molecule has 3 aliphatic rings. The van der Waals surface area contributed by atoms with Gasteiger partial charge in [-0.15, -0.1) is 0 Å². The highest BCUT2D eigenvalue weighted by Crippen LogP contribution is 2.47. The average Bonchev–Trinajstić information content (AvgIpc) is 3.35. The minimum Gasteiger partial charge on any atom is -0.383 e. The van der Waals surface area contributed by atoms with Gasteiger partial charge in [-0.3, -0.25) is 9.59 Å². The van der Waals surface area contributed by atoms with Crippen molar-refractivity contribution in [2.75, 3.05) is 25.6 Å². The van der Waals surface area contributed by atoms with Crippen LogP contribution in [0.5, 0.6) is 0 Å². The summed E-state index contributed by atoms with van der Waals surface area (Å²) in [5.41, 5.74) is 3.27. The molecule has 2 amide bonds. The van der Waals surface area contributed by atoms with E-state index in [1.165, 1.54) is 5.56 Å². The van der Waals surface area contributed by atoms with Crippen LogP contribution in [0.25, 0.3) is 0 Å². The van der Waals surface area contributed by atoms with E-state index < -0.39 is 0 Å². The molecule has 182 valence electrons. The number of para-hydroxylation sites is 1. The van der Waals surface area contributed by atoms with Crippen molar-refractivity contribution in [3.05, 3.63) is 65.2 Å². The third kappa shape index (κ3) is 4.51. The van der Waals surface area contributed by atoms with Gasteiger partial charge in [0.05, 0.1) is 36.2 Å². The molecule has 2 N–H and O–H groups in total. The molecule has 2 fully saturated rings. The Morgan fingerprint density at radius 1 is 1.11 bits per heavy atom. The van der Waals surface area contributed by atoms with E-state index in [-0.39, 0.29) is 35.9 Å². The number of nitrogens with zero attached hydrogens (tertiary/aromatic N) is 2. The molecule has 2 heterocycles. The third-order valence-corrected chi connectivity index (χ3v) is 7.89. The van der Waals surface area contributed by atoms with Crippen LogP contribution in [0.2, 0.25) is 0 Å². The predicted octanol–water partition coefficient (Wildman–Crippen LogP) is 3.88. The number of anilines is 1. The fourth-order valence-corrected chi connectivity index (χ4v) is 6.18. The lowest BCUT2D eigenvalue weighted by molar-refractivity contribution is -0.139. The van der Waals surface area contributed by atoms with Crippen molar-refractivity contribution in [2.24, 2.45) is 11.8 Å². The van der Waals surface area contributed by atoms with Gasteiger partial charge >= 0.3 is 0 Å². The fraction of sp³-hybridized carbons (Fsp3) is 0.464. The molecule has 5 atom stereocenters. The molecule has 1 saturated carbocycles. The van der Waals surface area contributed by atoms with Gasteiger partial charge in [0.1, 0.15) is 0 Å². The Morgan fingerprint density at radius 2 is 1.89 bits per heavy atom. The number of nitrogens with one attached hydrogen (secondary N) is 2. The van der Waals surface area contributed by atoms with Crippen LogP contribution in [-0.4, -0.2) is 49.1 Å². The molecular formula is C28H32N4O3. The topological polar surface area (TPSA) is 94.5 Å². The zero-order chi connectivity index (χ0) is 24.4. The Bertz CT molecular complexity index is 1130. The molecule has 7 nitrogen and oxygen atoms in total. The quantitative estimate of drug-likeness (QED) is 0.689. The summed E-state index contributed by atoms with van der Waals surface area (Å²) in [6.07, 6.45) is 4.50. The van der Waals surface area contributed by atoms with E-state index >= 15 is 0 Å². The molecule has 0 aromatic heterocycles. The lowest BCUT2D eigenvalue weighted by atomic mass is 9.81. The zero-order valence-corrected chi connectivity index (χ0v) is 20.1. The second-order valence-corrected chi connectivity index (χ2v) is 9.88. The molecule has 0 spiro atoms. The summed E-state index contributed by atoms with van der Waals surface area (Å²) >= 11 is 0. The van der Waals surface area contributed by atoms with Crippen molar-refractivity contribution >= 4 is 17.5 Å². The maximum absolute atomic E-state index is 14.0. The largest absolute Gasteiger partial charge is 0.383 e. The number of carbonyl (C=O) groups is 2. The normalized spacial score (nSPS) is 27.2. The molecule has 0 unspecified atom stereocenters. The number of carbonyl (C=O) groups excluding carboxylic acids is 2. The van der Waals surface area contributed by atoms with E-state index in [9.17, 15) is 9.59 Å². The maximum Gasteiger partial charge on any atom is 0.251 e. The van der Waals surface area contributed by atoms with Crippen LogP contribution < -0.4 is 10.6 Å². The highest BCUT2D eigenvalue weighted by atomic mass is 16.5. The number of fused-ring (bicyclic) bond motifs is 3. The van der Waals surface area contributed by atoms with Gasteiger partial charge in [-0.25, -0.2) is 0 Å². The van der Waals surface area contributed by atoms with Gasteiger partial charge in [0.25, 0.3) is 5.91 Å². The van der Waals surface area contributed by atoms with Crippen molar-refractivity contribution in [2.45, 2.75) is 50.2 Å². The van der Waals surface area contributed by atoms with Gasteiger partial charge < -0.3 is 20.3 Å². The summed E-state index contributed by atoms with van der Waals surface area (Å²) in [6, 6.07) is 17.0. The average molecular weight is 473 g/mol. The van der Waals surface area contributed by atoms with Crippen LogP contribution in [-0.2, 0) is 9.53 Å². The molecule has 0 radical (unpaired) electrons. The van der Waals surface area contributed by atoms with Crippen LogP contribution in [0.3, 0.4) is 0 Å². The first kappa shape index (κ1) is 23.4. The Kier molecular flexibility index (Phi) is 6.74. The molecule has 0 bridgehead atoms. The van der Waals surface area contributed by atoms with E-state index in [1.54, 1.807) is 31.4 Å². The minimum atomic E-state index is -0.229. The first-order valence-electron chi connectivity index (χ1n) is 12.6. The number of nitriles is 1. The lowest BCUT2D eigenvalue weighted by Gasteiger charge is -2.41. The van der Waals surface area contributed by atoms with Crippen LogP contribution >= 0.6 is 0 Å². The lowest BCUT2D eigenvalue weighted by Crippen LogP contribution is -2.50. The SMILES string of the molecule is COC[C@@H]1Nc2ccccc2[C@H]2[C@H]1CCN2C(=O)[C@H]1CCCC[C@H]1NC(=O)c1ccc(C#N)cc1. The molecular weight excluding hydrogens is 440 g/mol. The molecule has 7 heteroatoms. The number of hydrogen-bond acceptors (Lipinski definition) is 5. The molecule has 1 saturated heterocycles. The van der Waals surface area contributed by atoms with E-state index in [1.807, 2.05) is 12.1 Å². The number of rotatable bonds is 5. The van der Waals surface area contributed by atoms with E-state index in [4.69, 9.17) is 10.00 Å². The number of amides is 2. The first-order chi connectivity index (χ1) is 17.1. The summed E-state index contributed by atoms with van der Waals surface area (Å²) in [7, 11) is 1.72. The standard InChI is InChI=1S/C28H32N4O3/c1-35-17-25-21-14-15-32(26(21)20-6-2-4-8-23(20)30-25)28(34)22-7-3-5-9-24(22)31-27(33)19-12-10-18(16-29)11-13-19/h2,4,6,8,10-13,21-22,24-26,30H,3,5,7,9,14-15,17H2,1H3,(H,31,33)/t21-,22-,24+,25-,26-/m0/s1. The van der Waals surface area contributed by atoms with E-state index in [0.717, 1.165) is 44.3 Å². The van der Waals surface area contributed by atoms with Gasteiger partial charge in [0, 0.05) is 36.9 Å². The van der Waals surface area contributed by atoms with E-state index in [2.05, 4.69) is 33.7 Å². The van der Waals surface area contributed by atoms with Crippen molar-refractivity contribution in [3.63, 3.8) is 0 Å². The Balaban J connectivity index is 1.36. The number of methoxy groups -OCH3 is 1. The summed E-state index contributed by atoms with van der Waals surface area (Å²) in [6.45, 7) is 1.32. The van der Waals surface area contributed by atoms with Crippen molar-refractivity contribution < 1.29 is 14.3 Å². The van der Waals surface area contributed by atoms with Gasteiger partial charge in [0.15, 0.2) is 0 Å². The Labute approximate surface area is 206 Å². The van der Waals surface area contributed by atoms with E-state index in [0.29, 0.717) is 23.7 Å². The Hall–Kier alpha value is -3.37. The molecule has 35 heavy (non-hydrogen) atoms. The Morgan fingerprint density at radius 3 is 2.66 bits per heavy atom. The highest BCUT2D eigenvalue weighted by Gasteiger charge is 2.48. The third-order valence-electron chi connectivity index (χ3n) is 7.89. The zero-order valence-electron chi connectivity index (χ0n) is 20.1. The second-order valence-electron chi connectivity index (χ2n) is 9.88. The molecule has 2 aliphatic heterocycles. The monoisotopic (exact) mass is 472 g/mol. The van der Waals surface area contributed by atoms with Gasteiger partial charge in [0.2, 0.25) is 5.91 Å². The molecule has 5 rings (SSSR count). The first-order valence-corrected chi connectivity index (χ1v) is 12.6. The molecule has 1 aliphatic carbocycles. The van der Waals surface area contributed by atoms with Crippen molar-refractivity contribution in [1.29, 1.82) is 5.26 Å². The minimum absolute atomic E-state index is 0.0249. The number of benzene rings is 2. The van der Waals surface area contributed by atoms with Crippen LogP contribution in [0, 0.1) is 23.2 Å². The van der Waals surface area contributed by atoms with Crippen LogP contribution in [0.15, 0.2) is 48.5 Å². The van der Waals surface area contributed by atoms with Crippen molar-refractivity contribution in [3.8, 4) is 6.07 Å². The number of hydrogen-bond donors (Lipinski definition) is 2. The number of ether oxygens (including phenoxy) is 1. The van der Waals surface area contributed by atoms with Gasteiger partial charge in [-0.2, -0.15) is 5.26 Å². The second kappa shape index (κ2) is 10.1. The smallest absolute Gasteiger partial charge is 0.251 e. The summed E-state index contributed by atoms with van der Waals surface area (Å²) in [4.78, 5) is 29.1. The highest BCUT2D eigenvalue weighted by molar-refractivity contribution is 5.95. The van der Waals surface area contributed by atoms with Crippen molar-refractivity contribution in [1.82, 2.24) is 10.2 Å². The fourth-order valence-electron chi connectivity index (χ4n) is 6.18. The van der Waals surface area contributed by atoms with Crippen LogP contribution in [0.1, 0.15) is 59.6 Å².